The van der Waals surface area contributed by atoms with E-state index in [9.17, 15) is 4.79 Å². The second kappa shape index (κ2) is 8.60. The topological polar surface area (TPSA) is 118 Å². The molecule has 0 spiro atoms. The first-order valence-corrected chi connectivity index (χ1v) is 4.62. The average molecular weight is 224 g/mol. The molecule has 0 aliphatic carbocycles. The van der Waals surface area contributed by atoms with E-state index in [0.29, 0.717) is 6.42 Å². The van der Waals surface area contributed by atoms with Crippen molar-refractivity contribution in [1.29, 1.82) is 0 Å². The van der Waals surface area contributed by atoms with Crippen LogP contribution in [-0.4, -0.2) is 57.4 Å². The Hall–Kier alpha value is -0.690. The van der Waals surface area contributed by atoms with E-state index in [2.05, 4.69) is 0 Å². The van der Waals surface area contributed by atoms with Crippen molar-refractivity contribution in [2.45, 2.75) is 26.4 Å². The lowest BCUT2D eigenvalue weighted by Crippen LogP contribution is -2.32. The molecule has 0 bridgehead atoms. The SMILES string of the molecule is CC(O)C(=O)O.CCC(CO)(CO)CO. The molecule has 0 saturated carbocycles. The molecule has 6 heteroatoms. The highest BCUT2D eigenvalue weighted by molar-refractivity contribution is 5.71. The highest BCUT2D eigenvalue weighted by Crippen LogP contribution is 2.18. The number of rotatable bonds is 5. The van der Waals surface area contributed by atoms with Crippen molar-refractivity contribution in [2.75, 3.05) is 19.8 Å². The standard InChI is InChI=1S/C6H14O3.C3H6O3/c1-2-6(3-7,4-8)5-9;1-2(4)3(5)6/h7-9H,2-5H2,1H3;2,4H,1H3,(H,5,6). The van der Waals surface area contributed by atoms with E-state index in [0.717, 1.165) is 0 Å². The minimum absolute atomic E-state index is 0.156. The van der Waals surface area contributed by atoms with Crippen molar-refractivity contribution >= 4 is 5.97 Å². The summed E-state index contributed by atoms with van der Waals surface area (Å²) in [5.74, 6) is -1.19. The molecule has 5 N–H and O–H groups in total. The smallest absolute Gasteiger partial charge is 0.332 e. The average Bonchev–Trinajstić information content (AvgIpc) is 2.23. The Morgan fingerprint density at radius 3 is 1.47 bits per heavy atom. The molecule has 0 aromatic heterocycles. The maximum atomic E-state index is 9.45. The van der Waals surface area contributed by atoms with Crippen LogP contribution in [0.2, 0.25) is 0 Å². The van der Waals surface area contributed by atoms with Gasteiger partial charge in [0.05, 0.1) is 19.8 Å². The van der Waals surface area contributed by atoms with Gasteiger partial charge in [0.15, 0.2) is 0 Å². The fourth-order valence-corrected chi connectivity index (χ4v) is 0.485. The Labute approximate surface area is 88.8 Å². The Morgan fingerprint density at radius 2 is 1.47 bits per heavy atom. The van der Waals surface area contributed by atoms with Crippen molar-refractivity contribution in [3.05, 3.63) is 0 Å². The Morgan fingerprint density at radius 1 is 1.20 bits per heavy atom. The first kappa shape index (κ1) is 16.7. The van der Waals surface area contributed by atoms with E-state index in [1.807, 2.05) is 6.92 Å². The van der Waals surface area contributed by atoms with E-state index < -0.39 is 17.5 Å². The molecular formula is C9H20O6. The number of carboxylic acid groups (broad SMARTS) is 1. The van der Waals surface area contributed by atoms with Gasteiger partial charge < -0.3 is 25.5 Å². The van der Waals surface area contributed by atoms with Crippen LogP contribution in [0.25, 0.3) is 0 Å². The molecule has 0 aromatic rings. The van der Waals surface area contributed by atoms with E-state index >= 15 is 0 Å². The Balaban J connectivity index is 0. The molecule has 0 heterocycles. The van der Waals surface area contributed by atoms with Gasteiger partial charge in [-0.2, -0.15) is 0 Å². The van der Waals surface area contributed by atoms with Crippen LogP contribution in [0, 0.1) is 5.41 Å². The maximum absolute atomic E-state index is 9.45. The van der Waals surface area contributed by atoms with E-state index in [1.165, 1.54) is 6.92 Å². The van der Waals surface area contributed by atoms with Crippen LogP contribution in [0.4, 0.5) is 0 Å². The molecule has 92 valence electrons. The summed E-state index contributed by atoms with van der Waals surface area (Å²) in [5.41, 5.74) is -0.667. The summed E-state index contributed by atoms with van der Waals surface area (Å²) in [7, 11) is 0. The van der Waals surface area contributed by atoms with Crippen molar-refractivity contribution < 1.29 is 30.3 Å². The fourth-order valence-electron chi connectivity index (χ4n) is 0.485. The van der Waals surface area contributed by atoms with Crippen LogP contribution in [0.5, 0.6) is 0 Å². The number of hydrogen-bond donors (Lipinski definition) is 5. The molecule has 1 atom stereocenters. The van der Waals surface area contributed by atoms with Gasteiger partial charge in [-0.1, -0.05) is 6.92 Å². The lowest BCUT2D eigenvalue weighted by molar-refractivity contribution is -0.145. The van der Waals surface area contributed by atoms with Gasteiger partial charge in [-0.05, 0) is 13.3 Å². The van der Waals surface area contributed by atoms with Gasteiger partial charge in [-0.25, -0.2) is 4.79 Å². The number of hydrogen-bond acceptors (Lipinski definition) is 5. The van der Waals surface area contributed by atoms with E-state index in [4.69, 9.17) is 25.5 Å². The minimum atomic E-state index is -1.23. The van der Waals surface area contributed by atoms with Gasteiger partial charge in [0.2, 0.25) is 0 Å². The molecule has 0 amide bonds. The molecule has 6 nitrogen and oxygen atoms in total. The van der Waals surface area contributed by atoms with E-state index in [-0.39, 0.29) is 19.8 Å². The van der Waals surface area contributed by atoms with E-state index in [1.54, 1.807) is 0 Å². The van der Waals surface area contributed by atoms with Gasteiger partial charge in [-0.15, -0.1) is 0 Å². The molecule has 0 fully saturated rings. The lowest BCUT2D eigenvalue weighted by Gasteiger charge is -2.24. The van der Waals surface area contributed by atoms with Crippen molar-refractivity contribution in [2.24, 2.45) is 5.41 Å². The van der Waals surface area contributed by atoms with Crippen molar-refractivity contribution in [1.82, 2.24) is 0 Å². The van der Waals surface area contributed by atoms with Crippen LogP contribution in [0.15, 0.2) is 0 Å². The fraction of sp³-hybridized carbons (Fsp3) is 0.889. The van der Waals surface area contributed by atoms with Gasteiger partial charge >= 0.3 is 5.97 Å². The normalized spacial score (nSPS) is 12.7. The van der Waals surface area contributed by atoms with Gasteiger partial charge in [0, 0.05) is 5.41 Å². The predicted molar refractivity (Wildman–Crippen MR) is 53.3 cm³/mol. The van der Waals surface area contributed by atoms with Gasteiger partial charge in [0.25, 0.3) is 0 Å². The molecular weight excluding hydrogens is 204 g/mol. The number of carboxylic acids is 1. The number of aliphatic carboxylic acids is 1. The van der Waals surface area contributed by atoms with Crippen LogP contribution in [-0.2, 0) is 4.79 Å². The highest BCUT2D eigenvalue weighted by atomic mass is 16.4. The van der Waals surface area contributed by atoms with Gasteiger partial charge in [-0.3, -0.25) is 0 Å². The first-order valence-electron chi connectivity index (χ1n) is 4.62. The molecule has 0 saturated heterocycles. The summed E-state index contributed by atoms with van der Waals surface area (Å²) >= 11 is 0. The second-order valence-corrected chi connectivity index (χ2v) is 3.34. The van der Waals surface area contributed by atoms with Crippen LogP contribution >= 0.6 is 0 Å². The third-order valence-corrected chi connectivity index (χ3v) is 2.11. The number of aliphatic hydroxyl groups is 4. The molecule has 0 rings (SSSR count). The van der Waals surface area contributed by atoms with Crippen molar-refractivity contribution in [3.63, 3.8) is 0 Å². The summed E-state index contributed by atoms with van der Waals surface area (Å²) in [4.78, 5) is 9.45. The molecule has 1 unspecified atom stereocenters. The number of carbonyl (C=O) groups is 1. The Bertz CT molecular complexity index is 146. The lowest BCUT2D eigenvalue weighted by atomic mass is 9.88. The maximum Gasteiger partial charge on any atom is 0.332 e. The Kier molecular flexibility index (Phi) is 9.60. The van der Waals surface area contributed by atoms with Crippen molar-refractivity contribution in [3.8, 4) is 0 Å². The van der Waals surface area contributed by atoms with Gasteiger partial charge in [0.1, 0.15) is 6.10 Å². The monoisotopic (exact) mass is 224 g/mol. The first-order chi connectivity index (χ1) is 6.89. The van der Waals surface area contributed by atoms with Crippen LogP contribution in [0.3, 0.4) is 0 Å². The summed E-state index contributed by atoms with van der Waals surface area (Å²) in [6.07, 6.45) is -0.638. The van der Waals surface area contributed by atoms with Crippen LogP contribution < -0.4 is 0 Å². The third-order valence-electron chi connectivity index (χ3n) is 2.11. The summed E-state index contributed by atoms with van der Waals surface area (Å²) in [5, 5.41) is 41.7. The zero-order valence-corrected chi connectivity index (χ0v) is 9.05. The third kappa shape index (κ3) is 7.26. The van der Waals surface area contributed by atoms with Crippen LogP contribution in [0.1, 0.15) is 20.3 Å². The molecule has 0 aromatic carbocycles. The highest BCUT2D eigenvalue weighted by Gasteiger charge is 2.24. The zero-order valence-electron chi connectivity index (χ0n) is 9.05. The summed E-state index contributed by atoms with van der Waals surface area (Å²) < 4.78 is 0. The molecule has 15 heavy (non-hydrogen) atoms. The number of aliphatic hydroxyl groups excluding tert-OH is 4. The largest absolute Gasteiger partial charge is 0.479 e. The summed E-state index contributed by atoms with van der Waals surface area (Å²) in [6.45, 7) is 2.55. The molecule has 0 aliphatic rings. The minimum Gasteiger partial charge on any atom is -0.479 e. The predicted octanol–water partition coefficient (Wildman–Crippen LogP) is -1.19. The molecule has 0 radical (unpaired) electrons. The molecule has 0 aliphatic heterocycles. The second-order valence-electron chi connectivity index (χ2n) is 3.34. The summed E-state index contributed by atoms with van der Waals surface area (Å²) in [6, 6.07) is 0. The quantitative estimate of drug-likeness (QED) is 0.401. The zero-order chi connectivity index (χ0) is 12.5.